The standard InChI is InChI=1S/C15H23NO/c1-13-5-4-6-14(11-13)12-16-9-10-17-15-7-2-3-8-15/h4-6,11,15-16H,2-3,7-10,12H2,1H3. The van der Waals surface area contributed by atoms with Crippen molar-refractivity contribution < 1.29 is 4.74 Å². The molecule has 0 bridgehead atoms. The highest BCUT2D eigenvalue weighted by Crippen LogP contribution is 2.20. The van der Waals surface area contributed by atoms with Crippen LogP contribution in [0.1, 0.15) is 36.8 Å². The molecule has 2 rings (SSSR count). The van der Waals surface area contributed by atoms with Gasteiger partial charge in [-0.15, -0.1) is 0 Å². The minimum absolute atomic E-state index is 0.538. The van der Waals surface area contributed by atoms with E-state index >= 15 is 0 Å². The van der Waals surface area contributed by atoms with Gasteiger partial charge in [-0.25, -0.2) is 0 Å². The van der Waals surface area contributed by atoms with Gasteiger partial charge in [0.1, 0.15) is 0 Å². The predicted molar refractivity (Wildman–Crippen MR) is 71.1 cm³/mol. The SMILES string of the molecule is Cc1cccc(CNCCOC2CCCC2)c1. The fourth-order valence-electron chi connectivity index (χ4n) is 2.41. The lowest BCUT2D eigenvalue weighted by atomic mass is 10.1. The maximum atomic E-state index is 5.80. The molecule has 1 saturated carbocycles. The van der Waals surface area contributed by atoms with Gasteiger partial charge in [0.25, 0.3) is 0 Å². The number of benzene rings is 1. The molecule has 2 nitrogen and oxygen atoms in total. The van der Waals surface area contributed by atoms with Crippen molar-refractivity contribution in [1.29, 1.82) is 0 Å². The average Bonchev–Trinajstić information content (AvgIpc) is 2.82. The zero-order valence-corrected chi connectivity index (χ0v) is 10.7. The number of rotatable bonds is 6. The minimum Gasteiger partial charge on any atom is -0.377 e. The molecule has 0 atom stereocenters. The van der Waals surface area contributed by atoms with Crippen LogP contribution in [0.25, 0.3) is 0 Å². The Balaban J connectivity index is 1.56. The van der Waals surface area contributed by atoms with E-state index in [4.69, 9.17) is 4.74 Å². The fraction of sp³-hybridized carbons (Fsp3) is 0.600. The number of hydrogen-bond acceptors (Lipinski definition) is 2. The molecule has 0 radical (unpaired) electrons. The maximum absolute atomic E-state index is 5.80. The second-order valence-electron chi connectivity index (χ2n) is 4.94. The van der Waals surface area contributed by atoms with Gasteiger partial charge in [0.15, 0.2) is 0 Å². The summed E-state index contributed by atoms with van der Waals surface area (Å²) in [7, 11) is 0. The molecule has 1 aliphatic carbocycles. The van der Waals surface area contributed by atoms with Gasteiger partial charge < -0.3 is 10.1 Å². The van der Waals surface area contributed by atoms with E-state index in [0.717, 1.165) is 19.7 Å². The molecule has 1 aromatic carbocycles. The Morgan fingerprint density at radius 2 is 2.12 bits per heavy atom. The van der Waals surface area contributed by atoms with Crippen LogP contribution in [-0.2, 0) is 11.3 Å². The van der Waals surface area contributed by atoms with E-state index in [1.54, 1.807) is 0 Å². The summed E-state index contributed by atoms with van der Waals surface area (Å²) in [5.41, 5.74) is 2.68. The molecule has 1 fully saturated rings. The highest BCUT2D eigenvalue weighted by atomic mass is 16.5. The Morgan fingerprint density at radius 1 is 1.29 bits per heavy atom. The van der Waals surface area contributed by atoms with Crippen molar-refractivity contribution >= 4 is 0 Å². The van der Waals surface area contributed by atoms with Crippen molar-refractivity contribution in [3.05, 3.63) is 35.4 Å². The van der Waals surface area contributed by atoms with Gasteiger partial charge in [0.2, 0.25) is 0 Å². The van der Waals surface area contributed by atoms with Crippen molar-refractivity contribution in [2.24, 2.45) is 0 Å². The topological polar surface area (TPSA) is 21.3 Å². The van der Waals surface area contributed by atoms with E-state index in [1.165, 1.54) is 36.8 Å². The second-order valence-corrected chi connectivity index (χ2v) is 4.94. The number of aryl methyl sites for hydroxylation is 1. The first-order valence-electron chi connectivity index (χ1n) is 6.72. The molecular weight excluding hydrogens is 210 g/mol. The van der Waals surface area contributed by atoms with Crippen LogP contribution in [0, 0.1) is 6.92 Å². The summed E-state index contributed by atoms with van der Waals surface area (Å²) in [5, 5.41) is 3.43. The maximum Gasteiger partial charge on any atom is 0.0594 e. The molecule has 0 aliphatic heterocycles. The van der Waals surface area contributed by atoms with Crippen LogP contribution in [0.15, 0.2) is 24.3 Å². The number of hydrogen-bond donors (Lipinski definition) is 1. The Morgan fingerprint density at radius 3 is 2.88 bits per heavy atom. The molecule has 0 aromatic heterocycles. The molecule has 94 valence electrons. The van der Waals surface area contributed by atoms with Gasteiger partial charge >= 0.3 is 0 Å². The Hall–Kier alpha value is -0.860. The third-order valence-electron chi connectivity index (χ3n) is 3.35. The van der Waals surface area contributed by atoms with Gasteiger partial charge in [-0.05, 0) is 25.3 Å². The Kier molecular flexibility index (Phi) is 5.02. The van der Waals surface area contributed by atoms with Crippen LogP contribution in [0.3, 0.4) is 0 Å². The molecule has 0 amide bonds. The summed E-state index contributed by atoms with van der Waals surface area (Å²) in [4.78, 5) is 0. The van der Waals surface area contributed by atoms with E-state index in [2.05, 4.69) is 36.5 Å². The van der Waals surface area contributed by atoms with Crippen LogP contribution in [0.4, 0.5) is 0 Å². The van der Waals surface area contributed by atoms with E-state index in [1.807, 2.05) is 0 Å². The lowest BCUT2D eigenvalue weighted by Crippen LogP contribution is -2.21. The first kappa shape index (κ1) is 12.6. The van der Waals surface area contributed by atoms with Crippen LogP contribution in [-0.4, -0.2) is 19.3 Å². The first-order valence-corrected chi connectivity index (χ1v) is 6.72. The van der Waals surface area contributed by atoms with Gasteiger partial charge in [0.05, 0.1) is 12.7 Å². The van der Waals surface area contributed by atoms with E-state index < -0.39 is 0 Å². The average molecular weight is 233 g/mol. The molecule has 1 N–H and O–H groups in total. The lowest BCUT2D eigenvalue weighted by molar-refractivity contribution is 0.0603. The van der Waals surface area contributed by atoms with Crippen LogP contribution >= 0.6 is 0 Å². The van der Waals surface area contributed by atoms with E-state index in [0.29, 0.717) is 6.10 Å². The van der Waals surface area contributed by atoms with Crippen molar-refractivity contribution in [3.63, 3.8) is 0 Å². The van der Waals surface area contributed by atoms with Crippen molar-refractivity contribution in [3.8, 4) is 0 Å². The zero-order valence-electron chi connectivity index (χ0n) is 10.7. The number of nitrogens with one attached hydrogen (secondary N) is 1. The molecule has 0 unspecified atom stereocenters. The Bertz CT molecular complexity index is 331. The van der Waals surface area contributed by atoms with Gasteiger partial charge in [0, 0.05) is 13.1 Å². The summed E-state index contributed by atoms with van der Waals surface area (Å²) in [6.45, 7) is 4.86. The van der Waals surface area contributed by atoms with Crippen molar-refractivity contribution in [1.82, 2.24) is 5.32 Å². The lowest BCUT2D eigenvalue weighted by Gasteiger charge is -2.11. The molecule has 0 spiro atoms. The minimum atomic E-state index is 0.538. The first-order chi connectivity index (χ1) is 8.34. The fourth-order valence-corrected chi connectivity index (χ4v) is 2.41. The number of ether oxygens (including phenoxy) is 1. The van der Waals surface area contributed by atoms with Crippen LogP contribution in [0.2, 0.25) is 0 Å². The van der Waals surface area contributed by atoms with Gasteiger partial charge in [-0.1, -0.05) is 42.7 Å². The highest BCUT2D eigenvalue weighted by Gasteiger charge is 2.14. The summed E-state index contributed by atoms with van der Waals surface area (Å²) in [5.74, 6) is 0. The van der Waals surface area contributed by atoms with Gasteiger partial charge in [-0.2, -0.15) is 0 Å². The summed E-state index contributed by atoms with van der Waals surface area (Å²) in [6.07, 6.45) is 5.76. The molecule has 0 heterocycles. The van der Waals surface area contributed by atoms with Crippen molar-refractivity contribution in [2.75, 3.05) is 13.2 Å². The molecule has 17 heavy (non-hydrogen) atoms. The Labute approximate surface area is 104 Å². The zero-order chi connectivity index (χ0) is 11.9. The smallest absolute Gasteiger partial charge is 0.0594 e. The third-order valence-corrected chi connectivity index (χ3v) is 3.35. The quantitative estimate of drug-likeness (QED) is 0.763. The summed E-state index contributed by atoms with van der Waals surface area (Å²) in [6, 6.07) is 8.64. The predicted octanol–water partition coefficient (Wildman–Crippen LogP) is 3.04. The third kappa shape index (κ3) is 4.49. The van der Waals surface area contributed by atoms with Crippen LogP contribution < -0.4 is 5.32 Å². The van der Waals surface area contributed by atoms with Gasteiger partial charge in [-0.3, -0.25) is 0 Å². The monoisotopic (exact) mass is 233 g/mol. The largest absolute Gasteiger partial charge is 0.377 e. The van der Waals surface area contributed by atoms with E-state index in [-0.39, 0.29) is 0 Å². The normalized spacial score (nSPS) is 16.5. The molecule has 1 aromatic rings. The summed E-state index contributed by atoms with van der Waals surface area (Å²) >= 11 is 0. The highest BCUT2D eigenvalue weighted by molar-refractivity contribution is 5.21. The molecule has 2 heteroatoms. The van der Waals surface area contributed by atoms with Crippen LogP contribution in [0.5, 0.6) is 0 Å². The molecule has 1 aliphatic rings. The second kappa shape index (κ2) is 6.77. The van der Waals surface area contributed by atoms with Crippen molar-refractivity contribution in [2.45, 2.75) is 45.3 Å². The molecule has 0 saturated heterocycles. The summed E-state index contributed by atoms with van der Waals surface area (Å²) < 4.78 is 5.80. The van der Waals surface area contributed by atoms with E-state index in [9.17, 15) is 0 Å². The molecular formula is C15H23NO.